The third-order valence-electron chi connectivity index (χ3n) is 4.15. The van der Waals surface area contributed by atoms with Gasteiger partial charge in [-0.05, 0) is 44.2 Å². The molecule has 8 nitrogen and oxygen atoms in total. The highest BCUT2D eigenvalue weighted by Crippen LogP contribution is 2.24. The van der Waals surface area contributed by atoms with Gasteiger partial charge < -0.3 is 10.2 Å². The van der Waals surface area contributed by atoms with Crippen LogP contribution in [0.15, 0.2) is 46.3 Å². The zero-order valence-corrected chi connectivity index (χ0v) is 16.8. The summed E-state index contributed by atoms with van der Waals surface area (Å²) in [6.07, 6.45) is 0. The number of aromatic nitrogens is 2. The van der Waals surface area contributed by atoms with Gasteiger partial charge in [0.25, 0.3) is 11.5 Å². The number of phenols is 2. The molecule has 0 fully saturated rings. The first-order chi connectivity index (χ1) is 13.7. The highest BCUT2D eigenvalue weighted by molar-refractivity contribution is 6.42. The minimum atomic E-state index is -0.695. The number of hydrogen-bond acceptors (Lipinski definition) is 5. The number of nitrogens with one attached hydrogen (secondary N) is 2. The van der Waals surface area contributed by atoms with Crippen LogP contribution in [0.25, 0.3) is 5.69 Å². The zero-order chi connectivity index (χ0) is 21.3. The maximum atomic E-state index is 12.8. The van der Waals surface area contributed by atoms with Crippen LogP contribution >= 0.6 is 23.2 Å². The number of rotatable bonds is 4. The summed E-state index contributed by atoms with van der Waals surface area (Å²) < 4.78 is 1.29. The number of hydrogen-bond donors (Lipinski definition) is 4. The predicted octanol–water partition coefficient (Wildman–Crippen LogP) is 3.35. The minimum absolute atomic E-state index is 0.0710. The van der Waals surface area contributed by atoms with Crippen LogP contribution in [-0.2, 0) is 0 Å². The Kier molecular flexibility index (Phi) is 5.67. The molecule has 1 amide bonds. The van der Waals surface area contributed by atoms with Crippen LogP contribution in [0.5, 0.6) is 11.5 Å². The molecule has 0 saturated heterocycles. The Labute approximate surface area is 175 Å². The van der Waals surface area contributed by atoms with Crippen LogP contribution < -0.4 is 11.0 Å². The van der Waals surface area contributed by atoms with E-state index in [1.807, 2.05) is 0 Å². The number of amides is 1. The quantitative estimate of drug-likeness (QED) is 0.371. The van der Waals surface area contributed by atoms with Gasteiger partial charge in [-0.25, -0.2) is 10.1 Å². The Bertz CT molecular complexity index is 1200. The number of aromatic amines is 1. The molecule has 1 aromatic heterocycles. The fourth-order valence-electron chi connectivity index (χ4n) is 2.74. The Morgan fingerprint density at radius 1 is 1.14 bits per heavy atom. The first-order valence-electron chi connectivity index (χ1n) is 8.33. The van der Waals surface area contributed by atoms with Crippen LogP contribution in [0.4, 0.5) is 0 Å². The van der Waals surface area contributed by atoms with Crippen molar-refractivity contribution in [3.8, 4) is 17.2 Å². The lowest BCUT2D eigenvalue weighted by atomic mass is 10.2. The Morgan fingerprint density at radius 3 is 2.52 bits per heavy atom. The van der Waals surface area contributed by atoms with Crippen molar-refractivity contribution < 1.29 is 15.0 Å². The maximum Gasteiger partial charge on any atom is 0.280 e. The molecule has 0 radical (unpaired) electrons. The molecule has 150 valence electrons. The Hall–Kier alpha value is -3.23. The van der Waals surface area contributed by atoms with Crippen LogP contribution in [0.1, 0.15) is 28.5 Å². The van der Waals surface area contributed by atoms with E-state index in [2.05, 4.69) is 15.6 Å². The van der Waals surface area contributed by atoms with Crippen LogP contribution in [0.2, 0.25) is 10.0 Å². The smallest absolute Gasteiger partial charge is 0.280 e. The lowest BCUT2D eigenvalue weighted by molar-refractivity contribution is 0.0952. The van der Waals surface area contributed by atoms with Crippen LogP contribution in [0, 0.1) is 6.92 Å². The summed E-state index contributed by atoms with van der Waals surface area (Å²) in [7, 11) is 0. The van der Waals surface area contributed by atoms with E-state index in [9.17, 15) is 19.8 Å². The number of phenolic OH excluding ortho intramolecular Hbond substituents is 2. The van der Waals surface area contributed by atoms with Crippen molar-refractivity contribution in [2.24, 2.45) is 5.10 Å². The number of halogens is 2. The second kappa shape index (κ2) is 8.02. The second-order valence-electron chi connectivity index (χ2n) is 6.19. The van der Waals surface area contributed by atoms with Crippen molar-refractivity contribution in [3.05, 3.63) is 73.6 Å². The number of carbonyl (C=O) groups is 1. The molecule has 0 atom stereocenters. The fraction of sp³-hybridized carbons (Fsp3) is 0.105. The summed E-state index contributed by atoms with van der Waals surface area (Å²) in [5.74, 6) is -1.26. The highest BCUT2D eigenvalue weighted by Gasteiger charge is 2.17. The van der Waals surface area contributed by atoms with Crippen molar-refractivity contribution >= 4 is 34.8 Å². The number of benzene rings is 2. The highest BCUT2D eigenvalue weighted by atomic mass is 35.5. The molecule has 0 aliphatic heterocycles. The molecule has 3 aromatic rings. The van der Waals surface area contributed by atoms with E-state index in [1.165, 1.54) is 16.8 Å². The lowest BCUT2D eigenvalue weighted by Gasteiger charge is -2.04. The van der Waals surface area contributed by atoms with Gasteiger partial charge in [0.05, 0.1) is 32.6 Å². The number of aromatic hydroxyl groups is 2. The van der Waals surface area contributed by atoms with Gasteiger partial charge >= 0.3 is 0 Å². The van der Waals surface area contributed by atoms with Gasteiger partial charge in [-0.3, -0.25) is 14.7 Å². The lowest BCUT2D eigenvalue weighted by Crippen LogP contribution is -2.23. The Balaban J connectivity index is 1.90. The SMILES string of the molecule is C/C(=N\NC(=O)c1ccc(O)cc1O)c1c(C)[nH]n(-c2ccc(Cl)c(Cl)c2)c1=O. The summed E-state index contributed by atoms with van der Waals surface area (Å²) in [5.41, 5.74) is 3.38. The molecular weight excluding hydrogens is 419 g/mol. The van der Waals surface area contributed by atoms with E-state index in [4.69, 9.17) is 23.2 Å². The summed E-state index contributed by atoms with van der Waals surface area (Å²) in [6, 6.07) is 8.32. The largest absolute Gasteiger partial charge is 0.508 e. The average Bonchev–Trinajstić information content (AvgIpc) is 2.96. The monoisotopic (exact) mass is 434 g/mol. The molecule has 0 bridgehead atoms. The molecule has 0 spiro atoms. The fourth-order valence-corrected chi connectivity index (χ4v) is 3.03. The van der Waals surface area contributed by atoms with Crippen LogP contribution in [0.3, 0.4) is 0 Å². The van der Waals surface area contributed by atoms with Crippen molar-refractivity contribution in [2.45, 2.75) is 13.8 Å². The number of aryl methyl sites for hydroxylation is 1. The predicted molar refractivity (Wildman–Crippen MR) is 111 cm³/mol. The molecule has 0 saturated carbocycles. The molecule has 1 heterocycles. The van der Waals surface area contributed by atoms with Gasteiger partial charge in [-0.15, -0.1) is 0 Å². The third kappa shape index (κ3) is 4.13. The molecular formula is C19H16Cl2N4O4. The summed E-state index contributed by atoms with van der Waals surface area (Å²) in [6.45, 7) is 3.26. The third-order valence-corrected chi connectivity index (χ3v) is 4.88. The number of hydrazone groups is 1. The molecule has 2 aromatic carbocycles. The molecule has 0 aliphatic rings. The zero-order valence-electron chi connectivity index (χ0n) is 15.3. The van der Waals surface area contributed by atoms with Gasteiger partial charge in [0.2, 0.25) is 0 Å². The van der Waals surface area contributed by atoms with Gasteiger partial charge in [-0.1, -0.05) is 23.2 Å². The van der Waals surface area contributed by atoms with Crippen molar-refractivity contribution in [3.63, 3.8) is 0 Å². The van der Waals surface area contributed by atoms with Crippen LogP contribution in [-0.4, -0.2) is 31.6 Å². The summed E-state index contributed by atoms with van der Waals surface area (Å²) in [5, 5.41) is 26.6. The molecule has 29 heavy (non-hydrogen) atoms. The maximum absolute atomic E-state index is 12.8. The topological polar surface area (TPSA) is 120 Å². The van der Waals surface area contributed by atoms with Gasteiger partial charge in [0.15, 0.2) is 0 Å². The van der Waals surface area contributed by atoms with E-state index in [-0.39, 0.29) is 28.1 Å². The molecule has 0 aliphatic carbocycles. The van der Waals surface area contributed by atoms with Gasteiger partial charge in [0, 0.05) is 11.8 Å². The van der Waals surface area contributed by atoms with Gasteiger partial charge in [0.1, 0.15) is 11.5 Å². The van der Waals surface area contributed by atoms with E-state index >= 15 is 0 Å². The van der Waals surface area contributed by atoms with E-state index in [1.54, 1.807) is 32.0 Å². The molecule has 4 N–H and O–H groups in total. The first kappa shape index (κ1) is 20.5. The number of carbonyl (C=O) groups excluding carboxylic acids is 1. The average molecular weight is 435 g/mol. The number of H-pyrrole nitrogens is 1. The Morgan fingerprint density at radius 2 is 1.86 bits per heavy atom. The van der Waals surface area contributed by atoms with Crippen molar-refractivity contribution in [2.75, 3.05) is 0 Å². The minimum Gasteiger partial charge on any atom is -0.508 e. The van der Waals surface area contributed by atoms with Gasteiger partial charge in [-0.2, -0.15) is 5.10 Å². The van der Waals surface area contributed by atoms with E-state index in [0.29, 0.717) is 21.4 Å². The molecule has 0 unspecified atom stereocenters. The first-order valence-corrected chi connectivity index (χ1v) is 9.08. The normalized spacial score (nSPS) is 11.5. The van der Waals surface area contributed by atoms with Crippen molar-refractivity contribution in [1.29, 1.82) is 0 Å². The second-order valence-corrected chi connectivity index (χ2v) is 7.00. The molecule has 10 heteroatoms. The summed E-state index contributed by atoms with van der Waals surface area (Å²) in [4.78, 5) is 25.0. The molecule has 3 rings (SSSR count). The van der Waals surface area contributed by atoms with E-state index < -0.39 is 11.7 Å². The standard InChI is InChI=1S/C19H16Cl2N4O4/c1-9(22-23-18(28)13-5-4-12(26)8-16(13)27)17-10(2)24-25(19(17)29)11-3-6-14(20)15(21)7-11/h3-8,24,26-27H,1-2H3,(H,23,28)/b22-9+. The summed E-state index contributed by atoms with van der Waals surface area (Å²) >= 11 is 11.9. The van der Waals surface area contributed by atoms with E-state index in [0.717, 1.165) is 6.07 Å². The number of nitrogens with zero attached hydrogens (tertiary/aromatic N) is 2. The van der Waals surface area contributed by atoms with Crippen molar-refractivity contribution in [1.82, 2.24) is 15.2 Å².